The first-order chi connectivity index (χ1) is 29.9. The number of nitrogens with one attached hydrogen (secondary N) is 5. The van der Waals surface area contributed by atoms with Gasteiger partial charge in [-0.3, -0.25) is 15.0 Å². The molecule has 0 aliphatic heterocycles. The molecule has 0 fully saturated rings. The van der Waals surface area contributed by atoms with Gasteiger partial charge in [0.2, 0.25) is 10.0 Å². The van der Waals surface area contributed by atoms with Crippen LogP contribution in [0, 0.1) is 0 Å². The van der Waals surface area contributed by atoms with Crippen molar-refractivity contribution in [3.8, 4) is 23.0 Å². The molecule has 6 aromatic carbocycles. The number of carboxylic acid groups (broad SMARTS) is 1. The van der Waals surface area contributed by atoms with Gasteiger partial charge in [0.25, 0.3) is 5.91 Å². The van der Waals surface area contributed by atoms with Crippen molar-refractivity contribution in [3.05, 3.63) is 160 Å². The van der Waals surface area contributed by atoms with Crippen LogP contribution in [0.5, 0.6) is 0 Å². The van der Waals surface area contributed by atoms with Crippen molar-refractivity contribution < 1.29 is 23.1 Å². The number of carbonyl (C=O) groups excluding carboxylic acids is 1. The van der Waals surface area contributed by atoms with Crippen LogP contribution in [0.2, 0.25) is 0 Å². The lowest BCUT2D eigenvalue weighted by Gasteiger charge is -2.05. The number of fused-ring (bicyclic) bond motifs is 4. The quantitative estimate of drug-likeness (QED) is 0.0749. The number of aromatic amines is 4. The molecule has 0 saturated heterocycles. The van der Waals surface area contributed by atoms with Gasteiger partial charge in [0.1, 0.15) is 11.4 Å². The first-order valence-electron chi connectivity index (χ1n) is 18.9. The summed E-state index contributed by atoms with van der Waals surface area (Å²) in [5, 5.41) is 33.5. The molecule has 310 valence electrons. The zero-order chi connectivity index (χ0) is 43.4. The van der Waals surface area contributed by atoms with E-state index in [-0.39, 0.29) is 16.4 Å². The maximum atomic E-state index is 12.6. The molecule has 0 saturated carbocycles. The maximum Gasteiger partial charge on any atom is 0.335 e. The average Bonchev–Trinajstić information content (AvgIpc) is 4.10. The van der Waals surface area contributed by atoms with Crippen molar-refractivity contribution in [3.63, 3.8) is 0 Å². The highest BCUT2D eigenvalue weighted by molar-refractivity contribution is 9.10. The Morgan fingerprint density at radius 1 is 0.645 bits per heavy atom. The van der Waals surface area contributed by atoms with E-state index >= 15 is 0 Å². The van der Waals surface area contributed by atoms with E-state index in [1.54, 1.807) is 30.3 Å². The summed E-state index contributed by atoms with van der Waals surface area (Å²) in [5.41, 5.74) is 14.4. The molecule has 4 aromatic heterocycles. The number of hydrogen-bond donors (Lipinski definition) is 8. The van der Waals surface area contributed by atoms with Crippen LogP contribution in [0.4, 0.5) is 0 Å². The smallest absolute Gasteiger partial charge is 0.335 e. The van der Waals surface area contributed by atoms with E-state index in [4.69, 9.17) is 16.0 Å². The molecule has 1 amide bonds. The minimum atomic E-state index is -3.57. The van der Waals surface area contributed by atoms with Gasteiger partial charge in [0.15, 0.2) is 11.6 Å². The summed E-state index contributed by atoms with van der Waals surface area (Å²) in [4.78, 5) is 39.2. The zero-order valence-corrected chi connectivity index (χ0v) is 34.8. The van der Waals surface area contributed by atoms with Crippen LogP contribution < -0.4 is 16.2 Å². The topological polar surface area (TPSA) is 267 Å². The first-order valence-corrected chi connectivity index (χ1v) is 21.2. The number of rotatable bonds is 8. The van der Waals surface area contributed by atoms with Crippen molar-refractivity contribution in [1.82, 2.24) is 45.6 Å². The molecule has 10 rings (SSSR count). The van der Waals surface area contributed by atoms with Crippen LogP contribution in [0.25, 0.3) is 66.9 Å². The minimum Gasteiger partial charge on any atom is -0.478 e. The van der Waals surface area contributed by atoms with E-state index in [9.17, 15) is 18.0 Å². The number of aromatic carboxylic acids is 1. The Labute approximate surface area is 361 Å². The number of amides is 1. The number of nitrogens with two attached hydrogens (primary N) is 2. The average molecular weight is 911 g/mol. The normalized spacial score (nSPS) is 11.3. The van der Waals surface area contributed by atoms with Crippen LogP contribution in [0.3, 0.4) is 0 Å². The molecule has 0 unspecified atom stereocenters. The van der Waals surface area contributed by atoms with Crippen molar-refractivity contribution >= 4 is 81.7 Å². The fraction of sp³-hybridized carbons (Fsp3) is 0.0455. The maximum absolute atomic E-state index is 12.6. The van der Waals surface area contributed by atoms with Crippen LogP contribution in [0.1, 0.15) is 31.8 Å². The summed E-state index contributed by atoms with van der Waals surface area (Å²) in [6.45, 7) is 0.864. The molecule has 0 spiro atoms. The van der Waals surface area contributed by atoms with Crippen molar-refractivity contribution in [2.24, 2.45) is 10.9 Å². The highest BCUT2D eigenvalue weighted by Gasteiger charge is 2.15. The van der Waals surface area contributed by atoms with Crippen LogP contribution in [-0.2, 0) is 23.1 Å². The molecule has 16 nitrogen and oxygen atoms in total. The molecule has 0 atom stereocenters. The summed E-state index contributed by atoms with van der Waals surface area (Å²) >= 11 is 3.41. The third-order valence-electron chi connectivity index (χ3n) is 9.72. The zero-order valence-electron chi connectivity index (χ0n) is 32.4. The number of benzene rings is 6. The van der Waals surface area contributed by atoms with Gasteiger partial charge < -0.3 is 26.1 Å². The largest absolute Gasteiger partial charge is 0.478 e. The number of primary sulfonamides is 1. The third kappa shape index (κ3) is 9.13. The van der Waals surface area contributed by atoms with Crippen LogP contribution in [0.15, 0.2) is 143 Å². The molecular weight excluding hydrogens is 875 g/mol. The van der Waals surface area contributed by atoms with Crippen molar-refractivity contribution in [2.45, 2.75) is 18.0 Å². The molecule has 0 aliphatic carbocycles. The second-order valence-corrected chi connectivity index (χ2v) is 16.4. The number of nitrogens with zero attached hydrogens (tertiary/aromatic N) is 4. The van der Waals surface area contributed by atoms with E-state index in [2.05, 4.69) is 61.6 Å². The molecule has 10 aromatic rings. The summed E-state index contributed by atoms with van der Waals surface area (Å²) in [7, 11) is -3.57. The predicted octanol–water partition coefficient (Wildman–Crippen LogP) is 7.40. The number of halogens is 1. The standard InChI is InChI=1S/C22H16BrN5O.C15H10N4O2.C7H10N2O2S/c23-15-8-5-13(6-9-15)12-24-22(29)14-7-10-18-19(11-14)26-21(25-18)20-16-3-1-2-4-17(16)27-28-20;20-15(21)8-5-6-11-12(7-8)17-14(16-11)13-9-3-1-2-4-10(9)18-19-13;8-5-6-1-3-7(4-2-6)12(9,10)11/h1-11H,12H2,(H,24,29)(H,25,26)(H,27,28);1-7H,(H,16,17)(H,18,19)(H,20,21);1-4H,5,8H2,(H2,9,10,11). The Hall–Kier alpha value is -7.51. The van der Waals surface area contributed by atoms with E-state index in [0.29, 0.717) is 41.3 Å². The summed E-state index contributed by atoms with van der Waals surface area (Å²) in [6, 6.07) is 40.0. The lowest BCUT2D eigenvalue weighted by Crippen LogP contribution is -2.22. The van der Waals surface area contributed by atoms with Crippen molar-refractivity contribution in [1.29, 1.82) is 0 Å². The Morgan fingerprint density at radius 2 is 1.15 bits per heavy atom. The number of sulfonamides is 1. The molecular formula is C44H36BrN11O5S. The first kappa shape index (κ1) is 41.2. The summed E-state index contributed by atoms with van der Waals surface area (Å²) in [5.74, 6) is 0.198. The number of carboxylic acids is 1. The van der Waals surface area contributed by atoms with Crippen LogP contribution >= 0.6 is 15.9 Å². The lowest BCUT2D eigenvalue weighted by atomic mass is 10.1. The van der Waals surface area contributed by atoms with Gasteiger partial charge in [-0.05, 0) is 83.9 Å². The van der Waals surface area contributed by atoms with Gasteiger partial charge in [-0.2, -0.15) is 10.2 Å². The lowest BCUT2D eigenvalue weighted by molar-refractivity contribution is 0.0696. The van der Waals surface area contributed by atoms with Crippen molar-refractivity contribution in [2.75, 3.05) is 0 Å². The molecule has 18 heteroatoms. The Balaban J connectivity index is 0.000000140. The fourth-order valence-corrected chi connectivity index (χ4v) is 7.29. The van der Waals surface area contributed by atoms with Gasteiger partial charge in [-0.15, -0.1) is 0 Å². The van der Waals surface area contributed by atoms with E-state index in [1.807, 2.05) is 84.9 Å². The Kier molecular flexibility index (Phi) is 11.7. The van der Waals surface area contributed by atoms with Crippen LogP contribution in [-0.4, -0.2) is 65.7 Å². The van der Waals surface area contributed by atoms with E-state index in [0.717, 1.165) is 59.8 Å². The van der Waals surface area contributed by atoms with Gasteiger partial charge in [0, 0.05) is 33.9 Å². The number of aromatic nitrogens is 8. The van der Waals surface area contributed by atoms with E-state index in [1.165, 1.54) is 18.2 Å². The minimum absolute atomic E-state index is 0.111. The van der Waals surface area contributed by atoms with Gasteiger partial charge in [-0.1, -0.05) is 76.6 Å². The van der Waals surface area contributed by atoms with E-state index < -0.39 is 16.0 Å². The molecule has 10 N–H and O–H groups in total. The second-order valence-electron chi connectivity index (χ2n) is 13.9. The van der Waals surface area contributed by atoms with Gasteiger partial charge >= 0.3 is 5.97 Å². The second kappa shape index (κ2) is 17.6. The number of para-hydroxylation sites is 2. The number of imidazole rings is 2. The molecule has 4 heterocycles. The highest BCUT2D eigenvalue weighted by atomic mass is 79.9. The highest BCUT2D eigenvalue weighted by Crippen LogP contribution is 2.28. The molecule has 62 heavy (non-hydrogen) atoms. The fourth-order valence-electron chi connectivity index (χ4n) is 6.51. The summed E-state index contributed by atoms with van der Waals surface area (Å²) in [6.07, 6.45) is 0. The van der Waals surface area contributed by atoms with Gasteiger partial charge in [0.05, 0.1) is 43.6 Å². The number of H-pyrrole nitrogens is 4. The monoisotopic (exact) mass is 909 g/mol. The molecule has 0 aliphatic rings. The molecule has 0 radical (unpaired) electrons. The number of hydrogen-bond acceptors (Lipinski definition) is 9. The SMILES string of the molecule is NCc1ccc(S(N)(=O)=O)cc1.O=C(NCc1ccc(Br)cc1)c1ccc2nc(-c3n[nH]c4ccccc34)[nH]c2c1.O=C(O)c1ccc2nc(-c3n[nH]c4ccccc34)[nH]c2c1. The Bertz CT molecular complexity index is 3340. The third-order valence-corrected chi connectivity index (χ3v) is 11.2. The summed E-state index contributed by atoms with van der Waals surface area (Å²) < 4.78 is 22.6. The number of carbonyl (C=O) groups is 2. The molecule has 0 bridgehead atoms. The van der Waals surface area contributed by atoms with Gasteiger partial charge in [-0.25, -0.2) is 28.3 Å². The predicted molar refractivity (Wildman–Crippen MR) is 240 cm³/mol. The Morgan fingerprint density at radius 3 is 1.66 bits per heavy atom.